The fourth-order valence-electron chi connectivity index (χ4n) is 1.80. The third-order valence-electron chi connectivity index (χ3n) is 2.99. The average Bonchev–Trinajstić information content (AvgIpc) is 2.90. The number of anilines is 1. The number of amides is 3. The molecule has 1 aromatic rings. The molecule has 0 aliphatic rings. The number of hydrogen-bond acceptors (Lipinski definition) is 6. The summed E-state index contributed by atoms with van der Waals surface area (Å²) in [5, 5.41) is 14.8. The summed E-state index contributed by atoms with van der Waals surface area (Å²) in [6.07, 6.45) is 5.04. The molecule has 7 nitrogen and oxygen atoms in total. The fourth-order valence-corrected chi connectivity index (χ4v) is 3.77. The molecular weight excluding hydrogens is 336 g/mol. The van der Waals surface area contributed by atoms with Crippen LogP contribution < -0.4 is 16.4 Å². The second-order valence-electron chi connectivity index (χ2n) is 4.92. The first kappa shape index (κ1) is 19.7. The van der Waals surface area contributed by atoms with Gasteiger partial charge < -0.3 is 16.2 Å². The SMILES string of the molecule is CCCCCCSc1nsc(NC(=O)NCCCO)c1C(N)=O. The Hall–Kier alpha value is -1.32. The number of nitrogens with two attached hydrogens (primary N) is 1. The van der Waals surface area contributed by atoms with Crippen molar-refractivity contribution in [2.24, 2.45) is 5.73 Å². The second-order valence-corrected chi connectivity index (χ2v) is 6.78. The third kappa shape index (κ3) is 7.19. The van der Waals surface area contributed by atoms with E-state index in [0.717, 1.165) is 30.1 Å². The summed E-state index contributed by atoms with van der Waals surface area (Å²) in [6, 6.07) is -0.441. The van der Waals surface area contributed by atoms with Gasteiger partial charge in [-0.3, -0.25) is 10.1 Å². The molecule has 0 unspecified atom stereocenters. The van der Waals surface area contributed by atoms with Crippen molar-refractivity contribution in [3.05, 3.63) is 5.56 Å². The molecule has 0 fully saturated rings. The highest BCUT2D eigenvalue weighted by Crippen LogP contribution is 2.32. The van der Waals surface area contributed by atoms with Gasteiger partial charge in [0.1, 0.15) is 15.6 Å². The van der Waals surface area contributed by atoms with Crippen LogP contribution in [0.3, 0.4) is 0 Å². The largest absolute Gasteiger partial charge is 0.396 e. The van der Waals surface area contributed by atoms with Crippen LogP contribution in [0.15, 0.2) is 5.03 Å². The van der Waals surface area contributed by atoms with Crippen molar-refractivity contribution in [2.75, 3.05) is 24.2 Å². The number of primary amides is 1. The Morgan fingerprint density at radius 2 is 2.09 bits per heavy atom. The molecule has 9 heteroatoms. The van der Waals surface area contributed by atoms with Crippen LogP contribution in [0.1, 0.15) is 49.4 Å². The number of hydrogen-bond donors (Lipinski definition) is 4. The number of aliphatic hydroxyl groups is 1. The number of unbranched alkanes of at least 4 members (excludes halogenated alkanes) is 3. The lowest BCUT2D eigenvalue weighted by atomic mass is 10.2. The number of nitrogens with zero attached hydrogens (tertiary/aromatic N) is 1. The van der Waals surface area contributed by atoms with Gasteiger partial charge in [0.25, 0.3) is 5.91 Å². The van der Waals surface area contributed by atoms with Crippen LogP contribution in [0.25, 0.3) is 0 Å². The van der Waals surface area contributed by atoms with Gasteiger partial charge in [0, 0.05) is 13.2 Å². The molecule has 0 saturated carbocycles. The van der Waals surface area contributed by atoms with Crippen molar-refractivity contribution in [2.45, 2.75) is 44.1 Å². The highest BCUT2D eigenvalue weighted by Gasteiger charge is 2.20. The van der Waals surface area contributed by atoms with Crippen molar-refractivity contribution >= 4 is 40.2 Å². The van der Waals surface area contributed by atoms with Gasteiger partial charge in [-0.1, -0.05) is 26.2 Å². The predicted molar refractivity (Wildman–Crippen MR) is 94.2 cm³/mol. The number of carbonyl (C=O) groups excluding carboxylic acids is 2. The third-order valence-corrected chi connectivity index (χ3v) is 4.93. The quantitative estimate of drug-likeness (QED) is 0.357. The van der Waals surface area contributed by atoms with Crippen LogP contribution in [0.5, 0.6) is 0 Å². The highest BCUT2D eigenvalue weighted by molar-refractivity contribution is 7.99. The van der Waals surface area contributed by atoms with Gasteiger partial charge in [0.2, 0.25) is 0 Å². The first-order chi connectivity index (χ1) is 11.1. The lowest BCUT2D eigenvalue weighted by Crippen LogP contribution is -2.30. The van der Waals surface area contributed by atoms with Gasteiger partial charge >= 0.3 is 6.03 Å². The zero-order valence-electron chi connectivity index (χ0n) is 13.3. The number of urea groups is 1. The van der Waals surface area contributed by atoms with E-state index in [1.807, 2.05) is 0 Å². The van der Waals surface area contributed by atoms with E-state index in [1.54, 1.807) is 0 Å². The Morgan fingerprint density at radius 1 is 1.30 bits per heavy atom. The Labute approximate surface area is 144 Å². The van der Waals surface area contributed by atoms with E-state index in [9.17, 15) is 9.59 Å². The Bertz CT molecular complexity index is 508. The maximum Gasteiger partial charge on any atom is 0.319 e. The summed E-state index contributed by atoms with van der Waals surface area (Å²) < 4.78 is 4.23. The average molecular weight is 361 g/mol. The van der Waals surface area contributed by atoms with E-state index >= 15 is 0 Å². The van der Waals surface area contributed by atoms with Crippen LogP contribution in [0.2, 0.25) is 0 Å². The molecule has 1 heterocycles. The molecule has 3 amide bonds. The number of rotatable bonds is 11. The zero-order valence-corrected chi connectivity index (χ0v) is 14.9. The molecule has 1 rings (SSSR count). The summed E-state index contributed by atoms with van der Waals surface area (Å²) in [5.41, 5.74) is 5.69. The van der Waals surface area contributed by atoms with E-state index in [-0.39, 0.29) is 12.2 Å². The molecule has 0 radical (unpaired) electrons. The lowest BCUT2D eigenvalue weighted by Gasteiger charge is -2.06. The smallest absolute Gasteiger partial charge is 0.319 e. The molecule has 23 heavy (non-hydrogen) atoms. The fraction of sp³-hybridized carbons (Fsp3) is 0.643. The van der Waals surface area contributed by atoms with Crippen molar-refractivity contribution < 1.29 is 14.7 Å². The Morgan fingerprint density at radius 3 is 2.74 bits per heavy atom. The molecule has 0 aromatic carbocycles. The number of thioether (sulfide) groups is 1. The minimum atomic E-state index is -0.597. The number of carbonyl (C=O) groups is 2. The van der Waals surface area contributed by atoms with Gasteiger partial charge in [0.15, 0.2) is 0 Å². The summed E-state index contributed by atoms with van der Waals surface area (Å²) in [7, 11) is 0. The Kier molecular flexibility index (Phi) is 9.65. The molecule has 0 bridgehead atoms. The first-order valence-corrected chi connectivity index (χ1v) is 9.44. The first-order valence-electron chi connectivity index (χ1n) is 7.68. The van der Waals surface area contributed by atoms with Crippen molar-refractivity contribution in [1.29, 1.82) is 0 Å². The molecule has 0 spiro atoms. The summed E-state index contributed by atoms with van der Waals surface area (Å²) in [4.78, 5) is 23.4. The van der Waals surface area contributed by atoms with Gasteiger partial charge in [-0.25, -0.2) is 4.79 Å². The van der Waals surface area contributed by atoms with E-state index in [2.05, 4.69) is 21.9 Å². The maximum atomic E-state index is 11.7. The van der Waals surface area contributed by atoms with Gasteiger partial charge in [-0.2, -0.15) is 4.37 Å². The van der Waals surface area contributed by atoms with Crippen LogP contribution in [-0.2, 0) is 0 Å². The van der Waals surface area contributed by atoms with E-state index in [0.29, 0.717) is 23.0 Å². The topological polar surface area (TPSA) is 117 Å². The standard InChI is InChI=1S/C14H24N4O3S2/c1-2-3-4-5-9-22-13-10(11(15)20)12(23-18-13)17-14(21)16-7-6-8-19/h19H,2-9H2,1H3,(H2,15,20)(H2,16,17,21). The monoisotopic (exact) mass is 360 g/mol. The van der Waals surface area contributed by atoms with Gasteiger partial charge in [-0.15, -0.1) is 11.8 Å². The van der Waals surface area contributed by atoms with E-state index in [4.69, 9.17) is 10.8 Å². The molecule has 130 valence electrons. The van der Waals surface area contributed by atoms with Crippen molar-refractivity contribution in [1.82, 2.24) is 9.69 Å². The second kappa shape index (κ2) is 11.3. The van der Waals surface area contributed by atoms with Gasteiger partial charge in [-0.05, 0) is 30.1 Å². The van der Waals surface area contributed by atoms with Crippen molar-refractivity contribution in [3.8, 4) is 0 Å². The maximum absolute atomic E-state index is 11.7. The summed E-state index contributed by atoms with van der Waals surface area (Å²) in [6.45, 7) is 2.51. The van der Waals surface area contributed by atoms with E-state index < -0.39 is 11.9 Å². The molecule has 0 atom stereocenters. The van der Waals surface area contributed by atoms with Crippen LogP contribution in [0.4, 0.5) is 9.80 Å². The molecule has 0 aliphatic carbocycles. The minimum Gasteiger partial charge on any atom is -0.396 e. The number of nitrogens with one attached hydrogen (secondary N) is 2. The molecule has 5 N–H and O–H groups in total. The number of aliphatic hydroxyl groups excluding tert-OH is 1. The van der Waals surface area contributed by atoms with Crippen molar-refractivity contribution in [3.63, 3.8) is 0 Å². The Balaban J connectivity index is 2.59. The van der Waals surface area contributed by atoms with E-state index in [1.165, 1.54) is 24.6 Å². The predicted octanol–water partition coefficient (Wildman–Crippen LogP) is 2.42. The normalized spacial score (nSPS) is 10.5. The summed E-state index contributed by atoms with van der Waals surface area (Å²) in [5.74, 6) is 0.270. The molecular formula is C14H24N4O3S2. The van der Waals surface area contributed by atoms with Gasteiger partial charge in [0.05, 0.1) is 0 Å². The molecule has 0 saturated heterocycles. The molecule has 0 aliphatic heterocycles. The lowest BCUT2D eigenvalue weighted by molar-refractivity contribution is 0.0998. The van der Waals surface area contributed by atoms with Crippen LogP contribution >= 0.6 is 23.3 Å². The zero-order chi connectivity index (χ0) is 17.1. The summed E-state index contributed by atoms with van der Waals surface area (Å²) >= 11 is 2.54. The van der Waals surface area contributed by atoms with Crippen LogP contribution in [-0.4, -0.2) is 40.3 Å². The highest BCUT2D eigenvalue weighted by atomic mass is 32.2. The number of aromatic nitrogens is 1. The van der Waals surface area contributed by atoms with Crippen LogP contribution in [0, 0.1) is 0 Å². The molecule has 1 aromatic heterocycles. The minimum absolute atomic E-state index is 0.00614.